The lowest BCUT2D eigenvalue weighted by molar-refractivity contribution is -0.157. The Morgan fingerprint density at radius 2 is 1.79 bits per heavy atom. The van der Waals surface area contributed by atoms with Crippen LogP contribution in [0.1, 0.15) is 50.7 Å². The van der Waals surface area contributed by atoms with Gasteiger partial charge >= 0.3 is 5.97 Å². The third-order valence-electron chi connectivity index (χ3n) is 6.43. The maximum atomic E-state index is 13.6. The van der Waals surface area contributed by atoms with Crippen LogP contribution in [0.3, 0.4) is 0 Å². The molecule has 3 atom stereocenters. The molecule has 1 aliphatic heterocycles. The molecule has 0 bridgehead atoms. The second-order valence-corrected chi connectivity index (χ2v) is 10.1. The topological polar surface area (TPSA) is 66.8 Å². The molecule has 2 aromatic rings. The molecule has 5 nitrogen and oxygen atoms in total. The molecular weight excluding hydrogens is 450 g/mol. The molecule has 2 aromatic carbocycles. The second kappa shape index (κ2) is 12.9. The molecule has 0 aromatic heterocycles. The van der Waals surface area contributed by atoms with Gasteiger partial charge in [0.15, 0.2) is 0 Å². The summed E-state index contributed by atoms with van der Waals surface area (Å²) in [5.74, 6) is -1.05. The van der Waals surface area contributed by atoms with Gasteiger partial charge in [-0.1, -0.05) is 67.9 Å². The van der Waals surface area contributed by atoms with Crippen LogP contribution >= 0.6 is 11.6 Å². The van der Waals surface area contributed by atoms with E-state index in [1.54, 1.807) is 6.07 Å². The average Bonchev–Trinajstić information content (AvgIpc) is 2.80. The highest BCUT2D eigenvalue weighted by molar-refractivity contribution is 6.30. The molecule has 1 saturated heterocycles. The van der Waals surface area contributed by atoms with Crippen LogP contribution in [0.15, 0.2) is 54.6 Å². The second-order valence-electron chi connectivity index (χ2n) is 9.67. The van der Waals surface area contributed by atoms with Crippen molar-refractivity contribution in [3.63, 3.8) is 0 Å². The van der Waals surface area contributed by atoms with Crippen molar-refractivity contribution in [3.8, 4) is 0 Å². The van der Waals surface area contributed by atoms with E-state index in [9.17, 15) is 14.7 Å². The van der Waals surface area contributed by atoms with E-state index in [1.165, 1.54) is 10.5 Å². The van der Waals surface area contributed by atoms with Gasteiger partial charge < -0.3 is 14.7 Å². The summed E-state index contributed by atoms with van der Waals surface area (Å²) in [4.78, 5) is 26.6. The number of hydrogen-bond donors (Lipinski definition) is 1. The van der Waals surface area contributed by atoms with Crippen molar-refractivity contribution in [2.75, 3.05) is 13.1 Å². The Hall–Kier alpha value is -2.37. The van der Waals surface area contributed by atoms with Gasteiger partial charge in [-0.25, -0.2) is 0 Å². The largest absolute Gasteiger partial charge is 0.480 e. The Kier molecular flexibility index (Phi) is 9.97. The minimum absolute atomic E-state index is 0.114. The number of nitrogens with zero attached hydrogens (tertiary/aromatic N) is 1. The number of aliphatic carboxylic acids is 1. The van der Waals surface area contributed by atoms with Crippen molar-refractivity contribution in [2.24, 2.45) is 11.8 Å². The van der Waals surface area contributed by atoms with Gasteiger partial charge in [-0.15, -0.1) is 0 Å². The van der Waals surface area contributed by atoms with E-state index in [0.717, 1.165) is 37.7 Å². The number of benzene rings is 2. The van der Waals surface area contributed by atoms with Crippen molar-refractivity contribution in [1.29, 1.82) is 0 Å². The maximum Gasteiger partial charge on any atom is 0.323 e. The number of ether oxygens (including phenoxy) is 1. The first-order chi connectivity index (χ1) is 16.3. The normalized spacial score (nSPS) is 20.3. The van der Waals surface area contributed by atoms with Crippen LogP contribution in [0.2, 0.25) is 5.02 Å². The summed E-state index contributed by atoms with van der Waals surface area (Å²) < 4.78 is 6.47. The zero-order valence-electron chi connectivity index (χ0n) is 20.2. The summed E-state index contributed by atoms with van der Waals surface area (Å²) in [6, 6.07) is 17.8. The fraction of sp³-hybridized carbons (Fsp3) is 0.500. The van der Waals surface area contributed by atoms with Crippen molar-refractivity contribution < 1.29 is 19.4 Å². The van der Waals surface area contributed by atoms with E-state index >= 15 is 0 Å². The van der Waals surface area contributed by atoms with Crippen molar-refractivity contribution >= 4 is 23.5 Å². The smallest absolute Gasteiger partial charge is 0.323 e. The Balaban J connectivity index is 1.66. The first-order valence-electron chi connectivity index (χ1n) is 12.3. The number of carboxylic acid groups (broad SMARTS) is 1. The molecule has 1 amide bonds. The Bertz CT molecular complexity index is 933. The highest BCUT2D eigenvalue weighted by Gasteiger charge is 2.38. The predicted molar refractivity (Wildman–Crippen MR) is 135 cm³/mol. The fourth-order valence-electron chi connectivity index (χ4n) is 4.73. The number of aryl methyl sites for hydroxylation is 1. The lowest BCUT2D eigenvalue weighted by atomic mass is 9.84. The van der Waals surface area contributed by atoms with Gasteiger partial charge in [0.05, 0.1) is 18.1 Å². The van der Waals surface area contributed by atoms with E-state index in [0.29, 0.717) is 23.9 Å². The molecule has 34 heavy (non-hydrogen) atoms. The standard InChI is InChI=1S/C28H36ClNO4/c1-20(2)17-26-25(14-13-24(34-26)12-11-21-7-4-3-5-8-21)28(33)30(19-27(31)32)16-15-22-9-6-10-23(29)18-22/h3-10,18,20,24-26H,11-17,19H2,1-2H3,(H,31,32)/t24-,25-,26+/m1/s1. The highest BCUT2D eigenvalue weighted by atomic mass is 35.5. The molecule has 3 rings (SSSR count). The van der Waals surface area contributed by atoms with Crippen molar-refractivity contribution in [3.05, 3.63) is 70.7 Å². The molecule has 0 aliphatic carbocycles. The third kappa shape index (κ3) is 8.14. The SMILES string of the molecule is CC(C)C[C@@H]1O[C@H](CCc2ccccc2)CC[C@H]1C(=O)N(CCc1cccc(Cl)c1)CC(=O)O. The first-order valence-corrected chi connectivity index (χ1v) is 12.6. The zero-order valence-corrected chi connectivity index (χ0v) is 20.9. The van der Waals surface area contributed by atoms with E-state index in [1.807, 2.05) is 36.4 Å². The van der Waals surface area contributed by atoms with Crippen LogP contribution < -0.4 is 0 Å². The average molecular weight is 486 g/mol. The summed E-state index contributed by atoms with van der Waals surface area (Å²) in [6.45, 7) is 4.30. The summed E-state index contributed by atoms with van der Waals surface area (Å²) in [5.41, 5.74) is 2.27. The predicted octanol–water partition coefficient (Wildman–Crippen LogP) is 5.64. The lowest BCUT2D eigenvalue weighted by Crippen LogP contribution is -2.48. The molecule has 1 heterocycles. The molecule has 1 fully saturated rings. The first kappa shape index (κ1) is 26.2. The van der Waals surface area contributed by atoms with Crippen LogP contribution in [0.4, 0.5) is 0 Å². The summed E-state index contributed by atoms with van der Waals surface area (Å²) in [6.07, 6.45) is 4.68. The Morgan fingerprint density at radius 1 is 1.06 bits per heavy atom. The minimum atomic E-state index is -1.00. The van der Waals surface area contributed by atoms with E-state index in [4.69, 9.17) is 16.3 Å². The van der Waals surface area contributed by atoms with Crippen molar-refractivity contribution in [2.45, 2.75) is 64.6 Å². The van der Waals surface area contributed by atoms with Gasteiger partial charge in [0.25, 0.3) is 0 Å². The maximum absolute atomic E-state index is 13.6. The number of carbonyl (C=O) groups excluding carboxylic acids is 1. The summed E-state index contributed by atoms with van der Waals surface area (Å²) >= 11 is 6.08. The molecule has 184 valence electrons. The molecule has 0 saturated carbocycles. The highest BCUT2D eigenvalue weighted by Crippen LogP contribution is 2.32. The molecule has 1 N–H and O–H groups in total. The van der Waals surface area contributed by atoms with Crippen LogP contribution in [0, 0.1) is 11.8 Å². The zero-order chi connectivity index (χ0) is 24.5. The van der Waals surface area contributed by atoms with E-state index in [2.05, 4.69) is 26.0 Å². The van der Waals surface area contributed by atoms with E-state index in [-0.39, 0.29) is 30.6 Å². The monoisotopic (exact) mass is 485 g/mol. The fourth-order valence-corrected chi connectivity index (χ4v) is 4.95. The summed E-state index contributed by atoms with van der Waals surface area (Å²) in [7, 11) is 0. The number of halogens is 1. The van der Waals surface area contributed by atoms with E-state index < -0.39 is 5.97 Å². The van der Waals surface area contributed by atoms with Gasteiger partial charge in [0.2, 0.25) is 5.91 Å². The molecule has 1 aliphatic rings. The molecular formula is C28H36ClNO4. The number of carbonyl (C=O) groups is 2. The van der Waals surface area contributed by atoms with Crippen LogP contribution in [0.5, 0.6) is 0 Å². The number of amides is 1. The van der Waals surface area contributed by atoms with Crippen molar-refractivity contribution in [1.82, 2.24) is 4.90 Å². The third-order valence-corrected chi connectivity index (χ3v) is 6.67. The van der Waals surface area contributed by atoms with Gasteiger partial charge in [-0.2, -0.15) is 0 Å². The number of carboxylic acids is 1. The quantitative estimate of drug-likeness (QED) is 0.447. The number of hydrogen-bond acceptors (Lipinski definition) is 3. The summed E-state index contributed by atoms with van der Waals surface area (Å²) in [5, 5.41) is 10.1. The molecule has 0 spiro atoms. The molecule has 0 radical (unpaired) electrons. The number of rotatable bonds is 11. The lowest BCUT2D eigenvalue weighted by Gasteiger charge is -2.39. The Labute approximate surface area is 208 Å². The van der Waals surface area contributed by atoms with Crippen LogP contribution in [-0.4, -0.2) is 47.2 Å². The Morgan fingerprint density at radius 3 is 2.47 bits per heavy atom. The van der Waals surface area contributed by atoms with Gasteiger partial charge in [0, 0.05) is 11.6 Å². The minimum Gasteiger partial charge on any atom is -0.480 e. The molecule has 6 heteroatoms. The van der Waals surface area contributed by atoms with Gasteiger partial charge in [-0.3, -0.25) is 9.59 Å². The van der Waals surface area contributed by atoms with Crippen LogP contribution in [-0.2, 0) is 27.2 Å². The van der Waals surface area contributed by atoms with Crippen LogP contribution in [0.25, 0.3) is 0 Å². The van der Waals surface area contributed by atoms with Gasteiger partial charge in [0.1, 0.15) is 6.54 Å². The van der Waals surface area contributed by atoms with Gasteiger partial charge in [-0.05, 0) is 67.7 Å². The molecule has 0 unspecified atom stereocenters.